The van der Waals surface area contributed by atoms with Crippen LogP contribution in [-0.4, -0.2) is 112 Å². The van der Waals surface area contributed by atoms with Gasteiger partial charge in [0.15, 0.2) is 5.96 Å². The summed E-state index contributed by atoms with van der Waals surface area (Å²) in [5.74, 6) is 1.76. The van der Waals surface area contributed by atoms with Crippen LogP contribution >= 0.6 is 24.0 Å². The first-order valence-electron chi connectivity index (χ1n) is 10.8. The fourth-order valence-electron chi connectivity index (χ4n) is 4.56. The molecule has 0 aromatic rings. The van der Waals surface area contributed by atoms with Crippen molar-refractivity contribution in [2.45, 2.75) is 38.8 Å². The van der Waals surface area contributed by atoms with Gasteiger partial charge < -0.3 is 19.7 Å². The van der Waals surface area contributed by atoms with Gasteiger partial charge in [0.1, 0.15) is 0 Å². The van der Waals surface area contributed by atoms with Crippen molar-refractivity contribution in [1.29, 1.82) is 0 Å². The highest BCUT2D eigenvalue weighted by molar-refractivity contribution is 14.0. The van der Waals surface area contributed by atoms with Gasteiger partial charge in [-0.1, -0.05) is 13.8 Å². The molecule has 0 aromatic carbocycles. The molecule has 8 heteroatoms. The molecule has 2 atom stereocenters. The number of nitrogens with zero attached hydrogens (tertiary/aromatic N) is 4. The Labute approximate surface area is 188 Å². The van der Waals surface area contributed by atoms with Crippen LogP contribution in [0.4, 0.5) is 0 Å². The highest BCUT2D eigenvalue weighted by atomic mass is 127. The first kappa shape index (κ1) is 24.1. The monoisotopic (exact) mass is 509 g/mol. The van der Waals surface area contributed by atoms with Crippen LogP contribution in [0.25, 0.3) is 0 Å². The van der Waals surface area contributed by atoms with E-state index in [1.807, 2.05) is 7.05 Å². The molecule has 3 aliphatic heterocycles. The third kappa shape index (κ3) is 6.97. The van der Waals surface area contributed by atoms with Crippen LogP contribution < -0.4 is 5.32 Å². The zero-order valence-electron chi connectivity index (χ0n) is 17.9. The number of guanidine groups is 1. The summed E-state index contributed by atoms with van der Waals surface area (Å²) in [6, 6.07) is 1.18. The summed E-state index contributed by atoms with van der Waals surface area (Å²) in [6.45, 7) is 15.4. The Bertz CT molecular complexity index is 468. The molecule has 3 rings (SSSR count). The summed E-state index contributed by atoms with van der Waals surface area (Å²) in [5, 5.41) is 3.69. The Morgan fingerprint density at radius 2 is 1.68 bits per heavy atom. The molecule has 0 bridgehead atoms. The number of aliphatic imine (C=N–C) groups is 1. The van der Waals surface area contributed by atoms with Crippen molar-refractivity contribution in [3.63, 3.8) is 0 Å². The van der Waals surface area contributed by atoms with Crippen molar-refractivity contribution < 1.29 is 9.47 Å². The van der Waals surface area contributed by atoms with E-state index in [9.17, 15) is 0 Å². The van der Waals surface area contributed by atoms with Crippen LogP contribution in [0.5, 0.6) is 0 Å². The van der Waals surface area contributed by atoms with Crippen molar-refractivity contribution >= 4 is 29.9 Å². The zero-order valence-corrected chi connectivity index (χ0v) is 20.3. The molecular formula is C20H40IN5O2. The van der Waals surface area contributed by atoms with Crippen LogP contribution in [0.2, 0.25) is 0 Å². The summed E-state index contributed by atoms with van der Waals surface area (Å²) in [6.07, 6.45) is 2.43. The van der Waals surface area contributed by atoms with E-state index in [1.54, 1.807) is 0 Å². The van der Waals surface area contributed by atoms with Crippen LogP contribution in [0.3, 0.4) is 0 Å². The van der Waals surface area contributed by atoms with Crippen LogP contribution in [-0.2, 0) is 9.47 Å². The van der Waals surface area contributed by atoms with E-state index in [1.165, 1.54) is 12.8 Å². The van der Waals surface area contributed by atoms with E-state index in [4.69, 9.17) is 9.47 Å². The molecule has 1 N–H and O–H groups in total. The Balaban J connectivity index is 0.00000280. The van der Waals surface area contributed by atoms with Gasteiger partial charge in [-0.05, 0) is 18.8 Å². The van der Waals surface area contributed by atoms with E-state index < -0.39 is 0 Å². The van der Waals surface area contributed by atoms with Crippen LogP contribution in [0.15, 0.2) is 4.99 Å². The lowest BCUT2D eigenvalue weighted by Gasteiger charge is -2.36. The van der Waals surface area contributed by atoms with Gasteiger partial charge in [0.2, 0.25) is 0 Å². The largest absolute Gasteiger partial charge is 0.379 e. The molecule has 0 aliphatic carbocycles. The van der Waals surface area contributed by atoms with Crippen molar-refractivity contribution in [3.8, 4) is 0 Å². The smallest absolute Gasteiger partial charge is 0.193 e. The molecule has 3 saturated heterocycles. The topological polar surface area (TPSA) is 52.6 Å². The van der Waals surface area contributed by atoms with Gasteiger partial charge in [-0.2, -0.15) is 0 Å². The molecule has 3 aliphatic rings. The Hall–Kier alpha value is -0.160. The van der Waals surface area contributed by atoms with Gasteiger partial charge in [-0.15, -0.1) is 24.0 Å². The first-order valence-corrected chi connectivity index (χ1v) is 10.8. The van der Waals surface area contributed by atoms with E-state index in [2.05, 4.69) is 38.9 Å². The van der Waals surface area contributed by atoms with Gasteiger partial charge in [0.25, 0.3) is 0 Å². The maximum absolute atomic E-state index is 5.54. The molecule has 0 saturated carbocycles. The van der Waals surface area contributed by atoms with E-state index >= 15 is 0 Å². The lowest BCUT2D eigenvalue weighted by atomic mass is 10.0. The van der Waals surface area contributed by atoms with Crippen molar-refractivity contribution in [1.82, 2.24) is 20.0 Å². The molecule has 0 amide bonds. The summed E-state index contributed by atoms with van der Waals surface area (Å²) < 4.78 is 11.0. The average Bonchev–Trinajstić information content (AvgIpc) is 3.19. The van der Waals surface area contributed by atoms with Crippen molar-refractivity contribution in [2.24, 2.45) is 10.9 Å². The lowest BCUT2D eigenvalue weighted by molar-refractivity contribution is 0.0131. The second kappa shape index (κ2) is 12.5. The fourth-order valence-corrected chi connectivity index (χ4v) is 4.56. The first-order chi connectivity index (χ1) is 13.2. The van der Waals surface area contributed by atoms with Gasteiger partial charge in [-0.25, -0.2) is 0 Å². The predicted molar refractivity (Wildman–Crippen MR) is 125 cm³/mol. The fraction of sp³-hybridized carbons (Fsp3) is 0.950. The minimum Gasteiger partial charge on any atom is -0.379 e. The number of morpholine rings is 2. The molecule has 7 nitrogen and oxygen atoms in total. The molecule has 3 heterocycles. The van der Waals surface area contributed by atoms with Crippen molar-refractivity contribution in [3.05, 3.63) is 0 Å². The quantitative estimate of drug-likeness (QED) is 0.332. The number of hydrogen-bond acceptors (Lipinski definition) is 5. The average molecular weight is 509 g/mol. The van der Waals surface area contributed by atoms with Gasteiger partial charge in [0, 0.05) is 64.9 Å². The number of ether oxygens (including phenoxy) is 2. The molecule has 0 spiro atoms. The number of nitrogens with one attached hydrogen (secondary N) is 1. The van der Waals surface area contributed by atoms with E-state index in [-0.39, 0.29) is 24.0 Å². The normalized spacial score (nSPS) is 26.4. The minimum atomic E-state index is 0. The van der Waals surface area contributed by atoms with Gasteiger partial charge >= 0.3 is 0 Å². The molecule has 28 heavy (non-hydrogen) atoms. The third-order valence-electron chi connectivity index (χ3n) is 6.04. The number of hydrogen-bond donors (Lipinski definition) is 1. The molecule has 164 valence electrons. The Morgan fingerprint density at radius 1 is 1.04 bits per heavy atom. The molecular weight excluding hydrogens is 469 g/mol. The minimum absolute atomic E-state index is 0. The summed E-state index contributed by atoms with van der Waals surface area (Å²) in [5.41, 5.74) is 0. The maximum atomic E-state index is 5.54. The zero-order chi connectivity index (χ0) is 19.1. The summed E-state index contributed by atoms with van der Waals surface area (Å²) >= 11 is 0. The van der Waals surface area contributed by atoms with Crippen molar-refractivity contribution in [2.75, 3.05) is 79.3 Å². The Kier molecular flexibility index (Phi) is 10.8. The summed E-state index contributed by atoms with van der Waals surface area (Å²) in [4.78, 5) is 12.2. The molecule has 0 radical (unpaired) electrons. The molecule has 3 fully saturated rings. The lowest BCUT2D eigenvalue weighted by Crippen LogP contribution is -2.52. The number of halogens is 1. The SMILES string of the molecule is CN=C(NCC(CC(C)C)N1CCOCC1)N1CCC(N2CCOCC2)C1.I. The van der Waals surface area contributed by atoms with Crippen LogP contribution in [0, 0.1) is 5.92 Å². The second-order valence-corrected chi connectivity index (χ2v) is 8.40. The maximum Gasteiger partial charge on any atom is 0.193 e. The Morgan fingerprint density at radius 3 is 2.29 bits per heavy atom. The second-order valence-electron chi connectivity index (χ2n) is 8.40. The molecule has 2 unspecified atom stereocenters. The highest BCUT2D eigenvalue weighted by Crippen LogP contribution is 2.18. The van der Waals surface area contributed by atoms with E-state index in [0.717, 1.165) is 78.2 Å². The van der Waals surface area contributed by atoms with E-state index in [0.29, 0.717) is 18.0 Å². The van der Waals surface area contributed by atoms with Gasteiger partial charge in [-0.3, -0.25) is 14.8 Å². The standard InChI is InChI=1S/C20H39N5O2.HI/c1-17(2)14-19(24-8-12-27-13-9-24)15-22-20(21-3)25-5-4-18(16-25)23-6-10-26-11-7-23;/h17-19H,4-16H2,1-3H3,(H,21,22);1H. The molecule has 0 aromatic heterocycles. The third-order valence-corrected chi connectivity index (χ3v) is 6.04. The summed E-state index contributed by atoms with van der Waals surface area (Å²) in [7, 11) is 1.91. The number of likely N-dealkylation sites (tertiary alicyclic amines) is 1. The predicted octanol–water partition coefficient (Wildman–Crippen LogP) is 1.33. The number of rotatable bonds is 6. The van der Waals surface area contributed by atoms with Crippen LogP contribution in [0.1, 0.15) is 26.7 Å². The highest BCUT2D eigenvalue weighted by Gasteiger charge is 2.31. The van der Waals surface area contributed by atoms with Gasteiger partial charge in [0.05, 0.1) is 26.4 Å².